The topological polar surface area (TPSA) is 92.8 Å². The number of carbonyl (C=O) groups is 4. The second-order valence-electron chi connectivity index (χ2n) is 9.53. The number of thioether (sulfide) groups is 1. The standard InChI is InChI=1S/C27H32N2O5S/c1-18(30)35-23(16-19-10-6-5-7-11-19)25(32)28-21-15-14-20-12-8-9-13-22(20)29(26(21)33)17-24(31)34-27(2,3)4/h5-13,21,23H,14-17H2,1-4H3,(H,28,32)/t21?,23-/m0/s1. The molecule has 7 nitrogen and oxygen atoms in total. The first-order chi connectivity index (χ1) is 16.5. The summed E-state index contributed by atoms with van der Waals surface area (Å²) in [6, 6.07) is 16.0. The fourth-order valence-electron chi connectivity index (χ4n) is 4.00. The number of anilines is 1. The van der Waals surface area contributed by atoms with Crippen LogP contribution in [0.15, 0.2) is 54.6 Å². The maximum absolute atomic E-state index is 13.6. The van der Waals surface area contributed by atoms with Gasteiger partial charge in [-0.05, 0) is 57.2 Å². The molecular weight excluding hydrogens is 464 g/mol. The van der Waals surface area contributed by atoms with Crippen molar-refractivity contribution in [1.82, 2.24) is 5.32 Å². The molecular formula is C27H32N2O5S. The van der Waals surface area contributed by atoms with Crippen LogP contribution >= 0.6 is 11.8 Å². The van der Waals surface area contributed by atoms with Crippen molar-refractivity contribution in [1.29, 1.82) is 0 Å². The summed E-state index contributed by atoms with van der Waals surface area (Å²) in [7, 11) is 0. The van der Waals surface area contributed by atoms with E-state index in [1.54, 1.807) is 26.8 Å². The molecule has 0 radical (unpaired) electrons. The molecule has 1 aliphatic heterocycles. The Bertz CT molecular complexity index is 1080. The normalized spacial score (nSPS) is 16.6. The van der Waals surface area contributed by atoms with Gasteiger partial charge < -0.3 is 10.1 Å². The van der Waals surface area contributed by atoms with Crippen LogP contribution in [0.1, 0.15) is 45.2 Å². The molecule has 35 heavy (non-hydrogen) atoms. The number of nitrogens with zero attached hydrogens (tertiary/aromatic N) is 1. The van der Waals surface area contributed by atoms with Crippen molar-refractivity contribution in [3.05, 3.63) is 65.7 Å². The minimum Gasteiger partial charge on any atom is -0.459 e. The quantitative estimate of drug-likeness (QED) is 0.588. The number of carbonyl (C=O) groups excluding carboxylic acids is 4. The highest BCUT2D eigenvalue weighted by atomic mass is 32.2. The molecule has 2 atom stereocenters. The van der Waals surface area contributed by atoms with Crippen molar-refractivity contribution in [3.63, 3.8) is 0 Å². The van der Waals surface area contributed by atoms with E-state index in [2.05, 4.69) is 5.32 Å². The summed E-state index contributed by atoms with van der Waals surface area (Å²) in [5.74, 6) is -1.28. The van der Waals surface area contributed by atoms with Crippen molar-refractivity contribution < 1.29 is 23.9 Å². The fourth-order valence-corrected chi connectivity index (χ4v) is 4.85. The minimum atomic E-state index is -0.830. The van der Waals surface area contributed by atoms with Crippen LogP contribution in [-0.4, -0.2) is 46.3 Å². The smallest absolute Gasteiger partial charge is 0.326 e. The molecule has 1 unspecified atom stereocenters. The van der Waals surface area contributed by atoms with Gasteiger partial charge in [0.1, 0.15) is 18.2 Å². The van der Waals surface area contributed by atoms with Gasteiger partial charge in [0.15, 0.2) is 5.12 Å². The predicted octanol–water partition coefficient (Wildman–Crippen LogP) is 3.68. The summed E-state index contributed by atoms with van der Waals surface area (Å²) in [5.41, 5.74) is 1.79. The number of esters is 1. The molecule has 0 aromatic heterocycles. The Labute approximate surface area is 210 Å². The van der Waals surface area contributed by atoms with Gasteiger partial charge in [-0.3, -0.25) is 24.1 Å². The second kappa shape index (κ2) is 11.5. The van der Waals surface area contributed by atoms with Gasteiger partial charge in [0, 0.05) is 12.6 Å². The van der Waals surface area contributed by atoms with Crippen LogP contribution < -0.4 is 10.2 Å². The number of fused-ring (bicyclic) bond motifs is 1. The average Bonchev–Trinajstić information content (AvgIpc) is 2.90. The molecule has 0 bridgehead atoms. The van der Waals surface area contributed by atoms with Gasteiger partial charge in [0.05, 0.1) is 5.25 Å². The highest BCUT2D eigenvalue weighted by Crippen LogP contribution is 2.28. The Morgan fingerprint density at radius 3 is 2.40 bits per heavy atom. The Morgan fingerprint density at radius 1 is 1.09 bits per heavy atom. The van der Waals surface area contributed by atoms with Crippen molar-refractivity contribution in [2.75, 3.05) is 11.4 Å². The molecule has 0 saturated heterocycles. The van der Waals surface area contributed by atoms with Crippen LogP contribution in [0.3, 0.4) is 0 Å². The van der Waals surface area contributed by atoms with E-state index in [1.807, 2.05) is 48.5 Å². The van der Waals surface area contributed by atoms with Crippen LogP contribution in [0.25, 0.3) is 0 Å². The van der Waals surface area contributed by atoms with E-state index in [-0.39, 0.29) is 23.5 Å². The lowest BCUT2D eigenvalue weighted by Crippen LogP contribution is -2.52. The first-order valence-corrected chi connectivity index (χ1v) is 12.5. The van der Waals surface area contributed by atoms with Crippen LogP contribution in [0.2, 0.25) is 0 Å². The average molecular weight is 497 g/mol. The molecule has 0 spiro atoms. The number of para-hydroxylation sites is 1. The third-order valence-electron chi connectivity index (χ3n) is 5.44. The number of benzene rings is 2. The molecule has 186 valence electrons. The van der Waals surface area contributed by atoms with Crippen LogP contribution in [0.5, 0.6) is 0 Å². The summed E-state index contributed by atoms with van der Waals surface area (Å²) in [6.45, 7) is 6.48. The highest BCUT2D eigenvalue weighted by molar-refractivity contribution is 8.14. The molecule has 3 rings (SSSR count). The first kappa shape index (κ1) is 26.5. The largest absolute Gasteiger partial charge is 0.459 e. The zero-order valence-corrected chi connectivity index (χ0v) is 21.4. The number of rotatable bonds is 7. The second-order valence-corrected chi connectivity index (χ2v) is 10.9. The lowest BCUT2D eigenvalue weighted by molar-refractivity contribution is -0.153. The summed E-state index contributed by atoms with van der Waals surface area (Å²) in [4.78, 5) is 52.7. The van der Waals surface area contributed by atoms with Crippen molar-refractivity contribution >= 4 is 40.3 Å². The Balaban J connectivity index is 1.81. The van der Waals surface area contributed by atoms with Crippen molar-refractivity contribution in [3.8, 4) is 0 Å². The number of amides is 2. The van der Waals surface area contributed by atoms with Crippen LogP contribution in [0.4, 0.5) is 5.69 Å². The number of hydrogen-bond donors (Lipinski definition) is 1. The monoisotopic (exact) mass is 496 g/mol. The third-order valence-corrected chi connectivity index (χ3v) is 6.43. The summed E-state index contributed by atoms with van der Waals surface area (Å²) >= 11 is 0.953. The Hall–Kier alpha value is -3.13. The molecule has 0 aliphatic carbocycles. The van der Waals surface area contributed by atoms with Gasteiger partial charge in [-0.1, -0.05) is 60.3 Å². The van der Waals surface area contributed by atoms with E-state index in [0.717, 1.165) is 22.9 Å². The van der Waals surface area contributed by atoms with Gasteiger partial charge in [0.2, 0.25) is 11.8 Å². The summed E-state index contributed by atoms with van der Waals surface area (Å²) < 4.78 is 5.45. The highest BCUT2D eigenvalue weighted by Gasteiger charge is 2.35. The molecule has 1 N–H and O–H groups in total. The van der Waals surface area contributed by atoms with Gasteiger partial charge in [-0.25, -0.2) is 0 Å². The van der Waals surface area contributed by atoms with E-state index < -0.39 is 22.9 Å². The lowest BCUT2D eigenvalue weighted by atomic mass is 10.1. The fraction of sp³-hybridized carbons (Fsp3) is 0.407. The molecule has 2 aromatic carbocycles. The number of ether oxygens (including phenoxy) is 1. The van der Waals surface area contributed by atoms with E-state index in [9.17, 15) is 19.2 Å². The van der Waals surface area contributed by atoms with E-state index in [4.69, 9.17) is 4.74 Å². The zero-order chi connectivity index (χ0) is 25.6. The number of nitrogens with one attached hydrogen (secondary N) is 1. The SMILES string of the molecule is CC(=O)S[C@@H](Cc1ccccc1)C(=O)NC1CCc2ccccc2N(CC(=O)OC(C)(C)C)C1=O. The summed E-state index contributed by atoms with van der Waals surface area (Å²) in [5, 5.41) is 2.02. The van der Waals surface area contributed by atoms with E-state index in [1.165, 1.54) is 11.8 Å². The van der Waals surface area contributed by atoms with E-state index >= 15 is 0 Å². The first-order valence-electron chi connectivity index (χ1n) is 11.7. The molecule has 0 saturated carbocycles. The van der Waals surface area contributed by atoms with Gasteiger partial charge in [-0.15, -0.1) is 0 Å². The predicted molar refractivity (Wildman–Crippen MR) is 137 cm³/mol. The van der Waals surface area contributed by atoms with Gasteiger partial charge in [-0.2, -0.15) is 0 Å². The van der Waals surface area contributed by atoms with Crippen molar-refractivity contribution in [2.24, 2.45) is 0 Å². The summed E-state index contributed by atoms with van der Waals surface area (Å²) in [6.07, 6.45) is 1.30. The Kier molecular flexibility index (Phi) is 8.72. The number of aryl methyl sites for hydroxylation is 1. The third kappa shape index (κ3) is 7.68. The molecule has 2 amide bonds. The molecule has 1 heterocycles. The minimum absolute atomic E-state index is 0.174. The van der Waals surface area contributed by atoms with Gasteiger partial charge in [0.25, 0.3) is 0 Å². The molecule has 2 aromatic rings. The van der Waals surface area contributed by atoms with Gasteiger partial charge >= 0.3 is 5.97 Å². The van der Waals surface area contributed by atoms with E-state index in [0.29, 0.717) is 24.9 Å². The molecule has 8 heteroatoms. The lowest BCUT2D eigenvalue weighted by Gasteiger charge is -2.28. The molecule has 1 aliphatic rings. The maximum atomic E-state index is 13.6. The van der Waals surface area contributed by atoms with Crippen molar-refractivity contribution in [2.45, 2.75) is 63.9 Å². The zero-order valence-electron chi connectivity index (χ0n) is 20.6. The maximum Gasteiger partial charge on any atom is 0.326 e. The number of hydrogen-bond acceptors (Lipinski definition) is 6. The Morgan fingerprint density at radius 2 is 1.74 bits per heavy atom. The molecule has 0 fully saturated rings. The van der Waals surface area contributed by atoms with Crippen LogP contribution in [-0.2, 0) is 36.8 Å². The van der Waals surface area contributed by atoms with Crippen LogP contribution in [0, 0.1) is 0 Å².